The lowest BCUT2D eigenvalue weighted by atomic mass is 10.1. The second-order valence-corrected chi connectivity index (χ2v) is 6.10. The molecule has 1 aromatic heterocycles. The fourth-order valence-corrected chi connectivity index (χ4v) is 2.49. The molecule has 4 heteroatoms. The highest BCUT2D eigenvalue weighted by molar-refractivity contribution is 9.10. The van der Waals surface area contributed by atoms with Crippen LogP contribution in [0.2, 0.25) is 0 Å². The summed E-state index contributed by atoms with van der Waals surface area (Å²) in [4.78, 5) is 5.59. The third kappa shape index (κ3) is 3.74. The Kier molecular flexibility index (Phi) is 4.88. The summed E-state index contributed by atoms with van der Waals surface area (Å²) >= 11 is 5.18. The molecule has 0 saturated heterocycles. The van der Waals surface area contributed by atoms with E-state index in [2.05, 4.69) is 69.7 Å². The predicted octanol–water partition coefficient (Wildman–Crippen LogP) is 5.05. The van der Waals surface area contributed by atoms with E-state index in [0.717, 1.165) is 15.9 Å². The molecule has 0 spiro atoms. The van der Waals surface area contributed by atoms with Crippen molar-refractivity contribution >= 4 is 33.4 Å². The Labute approximate surface area is 127 Å². The van der Waals surface area contributed by atoms with Crippen LogP contribution in [0.15, 0.2) is 46.0 Å². The van der Waals surface area contributed by atoms with Gasteiger partial charge in [0, 0.05) is 10.9 Å². The number of nitrogens with one attached hydrogen (secondary N) is 1. The van der Waals surface area contributed by atoms with E-state index in [1.807, 2.05) is 13.1 Å². The van der Waals surface area contributed by atoms with Gasteiger partial charge in [0.1, 0.15) is 4.60 Å². The lowest BCUT2D eigenvalue weighted by Crippen LogP contribution is -2.07. The first kappa shape index (κ1) is 14.4. The van der Waals surface area contributed by atoms with E-state index in [1.165, 1.54) is 10.5 Å². The van der Waals surface area contributed by atoms with Gasteiger partial charge in [-0.05, 0) is 65.4 Å². The largest absolute Gasteiger partial charge is 0.377 e. The Morgan fingerprint density at radius 2 is 1.95 bits per heavy atom. The number of anilines is 1. The minimum absolute atomic E-state index is 0.262. The molecule has 0 amide bonds. The normalized spacial score (nSPS) is 12.2. The van der Waals surface area contributed by atoms with Crippen molar-refractivity contribution in [3.05, 3.63) is 52.3 Å². The van der Waals surface area contributed by atoms with Crippen molar-refractivity contribution in [2.75, 3.05) is 11.6 Å². The Morgan fingerprint density at radius 1 is 1.26 bits per heavy atom. The van der Waals surface area contributed by atoms with E-state index in [1.54, 1.807) is 11.8 Å². The number of hydrogen-bond acceptors (Lipinski definition) is 3. The molecule has 0 aliphatic carbocycles. The Balaban J connectivity index is 2.10. The van der Waals surface area contributed by atoms with Crippen LogP contribution in [0.3, 0.4) is 0 Å². The van der Waals surface area contributed by atoms with E-state index >= 15 is 0 Å². The van der Waals surface area contributed by atoms with Crippen molar-refractivity contribution in [2.24, 2.45) is 0 Å². The zero-order valence-corrected chi connectivity index (χ0v) is 13.7. The summed E-state index contributed by atoms with van der Waals surface area (Å²) in [6, 6.07) is 11.0. The second kappa shape index (κ2) is 6.44. The SMILES string of the molecule is CSc1ccc(C(C)Nc2cnc(Br)c(C)c2)cc1. The number of aryl methyl sites for hydroxylation is 1. The molecule has 100 valence electrons. The molecule has 0 radical (unpaired) electrons. The fraction of sp³-hybridized carbons (Fsp3) is 0.267. The minimum atomic E-state index is 0.262. The maximum absolute atomic E-state index is 4.30. The summed E-state index contributed by atoms with van der Waals surface area (Å²) in [7, 11) is 0. The molecule has 0 bridgehead atoms. The predicted molar refractivity (Wildman–Crippen MR) is 86.9 cm³/mol. The van der Waals surface area contributed by atoms with Gasteiger partial charge in [0.15, 0.2) is 0 Å². The van der Waals surface area contributed by atoms with Crippen LogP contribution >= 0.6 is 27.7 Å². The lowest BCUT2D eigenvalue weighted by molar-refractivity contribution is 0.880. The maximum Gasteiger partial charge on any atom is 0.109 e. The standard InChI is InChI=1S/C15H17BrN2S/c1-10-8-13(9-17-15(10)16)18-11(2)12-4-6-14(19-3)7-5-12/h4-9,11,18H,1-3H3. The summed E-state index contributed by atoms with van der Waals surface area (Å²) < 4.78 is 0.898. The van der Waals surface area contributed by atoms with Gasteiger partial charge in [-0.1, -0.05) is 12.1 Å². The molecule has 0 aliphatic rings. The summed E-state index contributed by atoms with van der Waals surface area (Å²) in [6.07, 6.45) is 3.94. The van der Waals surface area contributed by atoms with Gasteiger partial charge in [-0.25, -0.2) is 4.98 Å². The molecule has 1 heterocycles. The molecule has 2 aromatic rings. The van der Waals surface area contributed by atoms with Crippen molar-refractivity contribution in [2.45, 2.75) is 24.8 Å². The number of nitrogens with zero attached hydrogens (tertiary/aromatic N) is 1. The van der Waals surface area contributed by atoms with Crippen LogP contribution < -0.4 is 5.32 Å². The van der Waals surface area contributed by atoms with Crippen LogP contribution in [-0.2, 0) is 0 Å². The van der Waals surface area contributed by atoms with Crippen molar-refractivity contribution in [3.8, 4) is 0 Å². The summed E-state index contributed by atoms with van der Waals surface area (Å²) in [5, 5.41) is 3.47. The molecule has 1 atom stereocenters. The minimum Gasteiger partial charge on any atom is -0.377 e. The van der Waals surface area contributed by atoms with Crippen LogP contribution in [0, 0.1) is 6.92 Å². The van der Waals surface area contributed by atoms with Gasteiger partial charge < -0.3 is 5.32 Å². The molecule has 19 heavy (non-hydrogen) atoms. The van der Waals surface area contributed by atoms with Gasteiger partial charge in [-0.2, -0.15) is 0 Å². The number of hydrogen-bond donors (Lipinski definition) is 1. The van der Waals surface area contributed by atoms with Gasteiger partial charge in [-0.3, -0.25) is 0 Å². The number of aromatic nitrogens is 1. The zero-order valence-electron chi connectivity index (χ0n) is 11.3. The van der Waals surface area contributed by atoms with E-state index in [4.69, 9.17) is 0 Å². The molecule has 0 aliphatic heterocycles. The molecule has 2 rings (SSSR count). The van der Waals surface area contributed by atoms with Crippen molar-refractivity contribution in [1.29, 1.82) is 0 Å². The van der Waals surface area contributed by atoms with Crippen LogP contribution in [0.5, 0.6) is 0 Å². The molecule has 0 fully saturated rings. The Bertz CT molecular complexity index is 555. The summed E-state index contributed by atoms with van der Waals surface area (Å²) in [6.45, 7) is 4.20. The van der Waals surface area contributed by atoms with Gasteiger partial charge in [-0.15, -0.1) is 11.8 Å². The quantitative estimate of drug-likeness (QED) is 0.624. The van der Waals surface area contributed by atoms with E-state index in [9.17, 15) is 0 Å². The molecule has 1 N–H and O–H groups in total. The number of rotatable bonds is 4. The average Bonchev–Trinajstić information content (AvgIpc) is 2.43. The van der Waals surface area contributed by atoms with Crippen molar-refractivity contribution in [1.82, 2.24) is 4.98 Å². The molecular formula is C15H17BrN2S. The topological polar surface area (TPSA) is 24.9 Å². The highest BCUT2D eigenvalue weighted by Gasteiger charge is 2.06. The smallest absolute Gasteiger partial charge is 0.109 e. The molecular weight excluding hydrogens is 320 g/mol. The van der Waals surface area contributed by atoms with Gasteiger partial charge >= 0.3 is 0 Å². The third-order valence-corrected chi connectivity index (χ3v) is 4.59. The molecule has 0 saturated carbocycles. The van der Waals surface area contributed by atoms with Crippen molar-refractivity contribution in [3.63, 3.8) is 0 Å². The highest BCUT2D eigenvalue weighted by atomic mass is 79.9. The number of benzene rings is 1. The average molecular weight is 337 g/mol. The first-order valence-corrected chi connectivity index (χ1v) is 8.14. The number of thioether (sulfide) groups is 1. The Hall–Kier alpha value is -1.00. The Morgan fingerprint density at radius 3 is 2.53 bits per heavy atom. The molecule has 1 aromatic carbocycles. The van der Waals surface area contributed by atoms with Gasteiger partial charge in [0.25, 0.3) is 0 Å². The number of pyridine rings is 1. The first-order chi connectivity index (χ1) is 9.10. The monoisotopic (exact) mass is 336 g/mol. The van der Waals surface area contributed by atoms with E-state index in [-0.39, 0.29) is 6.04 Å². The van der Waals surface area contributed by atoms with Gasteiger partial charge in [0.05, 0.1) is 11.9 Å². The van der Waals surface area contributed by atoms with Crippen molar-refractivity contribution < 1.29 is 0 Å². The zero-order chi connectivity index (χ0) is 13.8. The third-order valence-electron chi connectivity index (χ3n) is 3.01. The van der Waals surface area contributed by atoms with E-state index in [0.29, 0.717) is 0 Å². The lowest BCUT2D eigenvalue weighted by Gasteiger charge is -2.16. The molecule has 2 nitrogen and oxygen atoms in total. The maximum atomic E-state index is 4.30. The van der Waals surface area contributed by atoms with Gasteiger partial charge in [0.2, 0.25) is 0 Å². The van der Waals surface area contributed by atoms with E-state index < -0.39 is 0 Å². The van der Waals surface area contributed by atoms with Crippen LogP contribution in [0.1, 0.15) is 24.1 Å². The first-order valence-electron chi connectivity index (χ1n) is 6.13. The van der Waals surface area contributed by atoms with Crippen LogP contribution in [0.25, 0.3) is 0 Å². The second-order valence-electron chi connectivity index (χ2n) is 4.47. The molecule has 1 unspecified atom stereocenters. The summed E-state index contributed by atoms with van der Waals surface area (Å²) in [5.74, 6) is 0. The van der Waals surface area contributed by atoms with Crippen LogP contribution in [-0.4, -0.2) is 11.2 Å². The fourth-order valence-electron chi connectivity index (χ4n) is 1.86. The number of halogens is 1. The highest BCUT2D eigenvalue weighted by Crippen LogP contribution is 2.23. The summed E-state index contributed by atoms with van der Waals surface area (Å²) in [5.41, 5.74) is 3.45. The van der Waals surface area contributed by atoms with Crippen LogP contribution in [0.4, 0.5) is 5.69 Å².